The van der Waals surface area contributed by atoms with Crippen molar-refractivity contribution in [3.8, 4) is 0 Å². The summed E-state index contributed by atoms with van der Waals surface area (Å²) in [5.74, 6) is -0.357. The van der Waals surface area contributed by atoms with E-state index in [9.17, 15) is 4.79 Å². The average Bonchev–Trinajstić information content (AvgIpc) is 2.63. The van der Waals surface area contributed by atoms with Crippen LogP contribution in [0.1, 0.15) is 41.7 Å². The molecule has 0 aliphatic carbocycles. The number of carbonyl (C=O) groups excluding carboxylic acids is 1. The van der Waals surface area contributed by atoms with Gasteiger partial charge in [0.05, 0.1) is 25.0 Å². The van der Waals surface area contributed by atoms with Gasteiger partial charge >= 0.3 is 5.97 Å². The van der Waals surface area contributed by atoms with E-state index < -0.39 is 0 Å². The zero-order valence-corrected chi connectivity index (χ0v) is 8.87. The topological polar surface area (TPSA) is 64.2 Å². The Balaban J connectivity index is 2.30. The molecule has 2 heterocycles. The number of aromatic amines is 1. The highest BCUT2D eigenvalue weighted by Gasteiger charge is 2.26. The van der Waals surface area contributed by atoms with Crippen molar-refractivity contribution in [1.29, 1.82) is 0 Å². The van der Waals surface area contributed by atoms with Crippen molar-refractivity contribution in [2.45, 2.75) is 26.4 Å². The van der Waals surface area contributed by atoms with Gasteiger partial charge in [-0.2, -0.15) is 5.10 Å². The molecule has 0 amide bonds. The van der Waals surface area contributed by atoms with Crippen molar-refractivity contribution in [3.05, 3.63) is 17.0 Å². The molecule has 15 heavy (non-hydrogen) atoms. The van der Waals surface area contributed by atoms with E-state index in [2.05, 4.69) is 10.2 Å². The monoisotopic (exact) mass is 210 g/mol. The lowest BCUT2D eigenvalue weighted by Crippen LogP contribution is -2.16. The lowest BCUT2D eigenvalue weighted by Gasteiger charge is -2.18. The number of rotatable bonds is 2. The quantitative estimate of drug-likeness (QED) is 0.745. The molecular formula is C10H14N2O3. The minimum absolute atomic E-state index is 0.0237. The molecule has 5 heteroatoms. The SMILES string of the molecule is CCOC(=O)c1n[nH]c2c1CCOC2C. The first-order valence-electron chi connectivity index (χ1n) is 5.10. The fraction of sp³-hybridized carbons (Fsp3) is 0.600. The number of H-pyrrole nitrogens is 1. The Morgan fingerprint density at radius 1 is 1.73 bits per heavy atom. The lowest BCUT2D eigenvalue weighted by atomic mass is 10.0. The number of carbonyl (C=O) groups is 1. The van der Waals surface area contributed by atoms with E-state index >= 15 is 0 Å². The molecule has 0 aromatic carbocycles. The van der Waals surface area contributed by atoms with E-state index in [0.717, 1.165) is 11.3 Å². The Kier molecular flexibility index (Phi) is 2.73. The largest absolute Gasteiger partial charge is 0.461 e. The molecule has 1 N–H and O–H groups in total. The molecule has 0 saturated carbocycles. The zero-order valence-electron chi connectivity index (χ0n) is 8.87. The van der Waals surface area contributed by atoms with Gasteiger partial charge in [-0.3, -0.25) is 5.10 Å². The van der Waals surface area contributed by atoms with Crippen molar-refractivity contribution in [1.82, 2.24) is 10.2 Å². The zero-order chi connectivity index (χ0) is 10.8. The minimum Gasteiger partial charge on any atom is -0.461 e. The molecule has 2 rings (SSSR count). The lowest BCUT2D eigenvalue weighted by molar-refractivity contribution is 0.0488. The van der Waals surface area contributed by atoms with Crippen LogP contribution < -0.4 is 0 Å². The Bertz CT molecular complexity index is 373. The summed E-state index contributed by atoms with van der Waals surface area (Å²) < 4.78 is 10.4. The second-order valence-corrected chi connectivity index (χ2v) is 3.45. The van der Waals surface area contributed by atoms with Gasteiger partial charge in [0.15, 0.2) is 5.69 Å². The molecule has 5 nitrogen and oxygen atoms in total. The number of aromatic nitrogens is 2. The summed E-state index contributed by atoms with van der Waals surface area (Å²) in [5, 5.41) is 6.83. The van der Waals surface area contributed by atoms with Crippen molar-refractivity contribution >= 4 is 5.97 Å². The van der Waals surface area contributed by atoms with Crippen molar-refractivity contribution < 1.29 is 14.3 Å². The summed E-state index contributed by atoms with van der Waals surface area (Å²) in [4.78, 5) is 11.5. The van der Waals surface area contributed by atoms with E-state index in [1.807, 2.05) is 6.92 Å². The van der Waals surface area contributed by atoms with Crippen molar-refractivity contribution in [2.75, 3.05) is 13.2 Å². The van der Waals surface area contributed by atoms with Crippen molar-refractivity contribution in [2.24, 2.45) is 0 Å². The Labute approximate surface area is 87.8 Å². The Hall–Kier alpha value is -1.36. The first-order valence-corrected chi connectivity index (χ1v) is 5.10. The molecule has 0 radical (unpaired) electrons. The molecule has 82 valence electrons. The molecule has 0 spiro atoms. The van der Waals surface area contributed by atoms with Crippen LogP contribution in [0.4, 0.5) is 0 Å². The van der Waals surface area contributed by atoms with Crippen molar-refractivity contribution in [3.63, 3.8) is 0 Å². The summed E-state index contributed by atoms with van der Waals surface area (Å²) in [6.45, 7) is 4.71. The van der Waals surface area contributed by atoms with E-state index in [-0.39, 0.29) is 12.1 Å². The smallest absolute Gasteiger partial charge is 0.359 e. The van der Waals surface area contributed by atoms with Gasteiger partial charge in [0.25, 0.3) is 0 Å². The molecular weight excluding hydrogens is 196 g/mol. The minimum atomic E-state index is -0.357. The number of esters is 1. The van der Waals surface area contributed by atoms with Crippen LogP contribution in [0.3, 0.4) is 0 Å². The molecule has 1 aromatic heterocycles. The van der Waals surface area contributed by atoms with Crippen LogP contribution in [0.2, 0.25) is 0 Å². The number of hydrogen-bond acceptors (Lipinski definition) is 4. The highest BCUT2D eigenvalue weighted by molar-refractivity contribution is 5.89. The molecule has 1 aliphatic rings. The average molecular weight is 210 g/mol. The van der Waals surface area contributed by atoms with Crippen LogP contribution in [0.25, 0.3) is 0 Å². The third-order valence-electron chi connectivity index (χ3n) is 2.49. The summed E-state index contributed by atoms with van der Waals surface area (Å²) in [5.41, 5.74) is 2.23. The van der Waals surface area contributed by atoms with Crippen LogP contribution >= 0.6 is 0 Å². The summed E-state index contributed by atoms with van der Waals surface area (Å²) in [6.07, 6.45) is 0.689. The first kappa shape index (κ1) is 10.2. The van der Waals surface area contributed by atoms with Gasteiger partial charge in [0.1, 0.15) is 0 Å². The maximum absolute atomic E-state index is 11.5. The third-order valence-corrected chi connectivity index (χ3v) is 2.49. The number of hydrogen-bond donors (Lipinski definition) is 1. The first-order chi connectivity index (χ1) is 7.24. The molecule has 1 atom stereocenters. The van der Waals surface area contributed by atoms with Gasteiger partial charge in [0, 0.05) is 12.0 Å². The number of nitrogens with zero attached hydrogens (tertiary/aromatic N) is 1. The predicted octanol–water partition coefficient (Wildman–Crippen LogP) is 1.22. The summed E-state index contributed by atoms with van der Waals surface area (Å²) in [6, 6.07) is 0. The van der Waals surface area contributed by atoms with Gasteiger partial charge in [0.2, 0.25) is 0 Å². The standard InChI is InChI=1S/C10H14N2O3/c1-3-14-10(13)9-7-4-5-15-6(2)8(7)11-12-9/h6H,3-5H2,1-2H3,(H,11,12). The van der Waals surface area contributed by atoms with E-state index in [1.165, 1.54) is 0 Å². The van der Waals surface area contributed by atoms with Gasteiger partial charge in [-0.25, -0.2) is 4.79 Å². The van der Waals surface area contributed by atoms with Gasteiger partial charge in [-0.15, -0.1) is 0 Å². The van der Waals surface area contributed by atoms with E-state index in [0.29, 0.717) is 25.3 Å². The highest BCUT2D eigenvalue weighted by atomic mass is 16.5. The van der Waals surface area contributed by atoms with E-state index in [1.54, 1.807) is 6.92 Å². The van der Waals surface area contributed by atoms with Crippen LogP contribution in [-0.2, 0) is 15.9 Å². The maximum Gasteiger partial charge on any atom is 0.359 e. The van der Waals surface area contributed by atoms with Gasteiger partial charge < -0.3 is 9.47 Å². The van der Waals surface area contributed by atoms with Crippen LogP contribution in [-0.4, -0.2) is 29.4 Å². The number of nitrogens with one attached hydrogen (secondary N) is 1. The van der Waals surface area contributed by atoms with Gasteiger partial charge in [-0.05, 0) is 13.8 Å². The van der Waals surface area contributed by atoms with Crippen LogP contribution in [0, 0.1) is 0 Å². The molecule has 1 unspecified atom stereocenters. The third kappa shape index (κ3) is 1.74. The summed E-state index contributed by atoms with van der Waals surface area (Å²) >= 11 is 0. The highest BCUT2D eigenvalue weighted by Crippen LogP contribution is 2.26. The molecule has 0 saturated heterocycles. The number of fused-ring (bicyclic) bond motifs is 1. The fourth-order valence-electron chi connectivity index (χ4n) is 1.76. The second-order valence-electron chi connectivity index (χ2n) is 3.45. The normalized spacial score (nSPS) is 19.7. The number of ether oxygens (including phenoxy) is 2. The molecule has 0 fully saturated rings. The van der Waals surface area contributed by atoms with Crippen LogP contribution in [0.15, 0.2) is 0 Å². The summed E-state index contributed by atoms with van der Waals surface area (Å²) in [7, 11) is 0. The predicted molar refractivity (Wildman–Crippen MR) is 52.6 cm³/mol. The Morgan fingerprint density at radius 3 is 3.27 bits per heavy atom. The molecule has 0 bridgehead atoms. The molecule has 1 aliphatic heterocycles. The maximum atomic E-state index is 11.5. The fourth-order valence-corrected chi connectivity index (χ4v) is 1.76. The molecule has 1 aromatic rings. The second kappa shape index (κ2) is 4.02. The van der Waals surface area contributed by atoms with Crippen LogP contribution in [0.5, 0.6) is 0 Å². The van der Waals surface area contributed by atoms with Gasteiger partial charge in [-0.1, -0.05) is 0 Å². The van der Waals surface area contributed by atoms with E-state index in [4.69, 9.17) is 9.47 Å². The Morgan fingerprint density at radius 2 is 2.53 bits per heavy atom.